The molecular formula is C24H12N2O8. The van der Waals surface area contributed by atoms with Gasteiger partial charge in [-0.3, -0.25) is 0 Å². The van der Waals surface area contributed by atoms with Gasteiger partial charge in [-0.25, -0.2) is 29.1 Å². The van der Waals surface area contributed by atoms with E-state index in [4.69, 9.17) is 20.4 Å². The van der Waals surface area contributed by atoms with E-state index in [1.54, 1.807) is 24.3 Å². The highest BCUT2D eigenvalue weighted by molar-refractivity contribution is 5.91. The molecular weight excluding hydrogens is 444 g/mol. The lowest BCUT2D eigenvalue weighted by atomic mass is 10.1. The molecule has 0 unspecified atom stereocenters. The molecule has 4 N–H and O–H groups in total. The Kier molecular flexibility index (Phi) is 6.66. The number of aromatic nitrogens is 2. The largest absolute Gasteiger partial charge is 0.477 e. The second-order valence-corrected chi connectivity index (χ2v) is 6.55. The summed E-state index contributed by atoms with van der Waals surface area (Å²) in [5.74, 6) is 5.43. The molecule has 10 nitrogen and oxygen atoms in total. The van der Waals surface area contributed by atoms with Crippen LogP contribution in [-0.4, -0.2) is 54.3 Å². The van der Waals surface area contributed by atoms with E-state index in [0.29, 0.717) is 11.1 Å². The minimum atomic E-state index is -1.38. The molecule has 0 aliphatic carbocycles. The molecule has 166 valence electrons. The summed E-state index contributed by atoms with van der Waals surface area (Å²) in [5, 5.41) is 36.3. The van der Waals surface area contributed by atoms with Gasteiger partial charge in [0.2, 0.25) is 0 Å². The van der Waals surface area contributed by atoms with Gasteiger partial charge in [-0.2, -0.15) is 0 Å². The quantitative estimate of drug-likeness (QED) is 0.425. The fraction of sp³-hybridized carbons (Fsp3) is 0. The molecule has 34 heavy (non-hydrogen) atoms. The number of carbonyl (C=O) groups is 4. The summed E-state index contributed by atoms with van der Waals surface area (Å²) in [6.07, 6.45) is 0. The molecule has 0 atom stereocenters. The first-order chi connectivity index (χ1) is 16.1. The van der Waals surface area contributed by atoms with Crippen LogP contribution in [0.25, 0.3) is 0 Å². The second kappa shape index (κ2) is 9.77. The fourth-order valence-corrected chi connectivity index (χ4v) is 2.57. The summed E-state index contributed by atoms with van der Waals surface area (Å²) in [7, 11) is 0. The van der Waals surface area contributed by atoms with Crippen molar-refractivity contribution in [2.24, 2.45) is 0 Å². The first-order valence-corrected chi connectivity index (χ1v) is 9.24. The maximum atomic E-state index is 11.1. The number of carboxylic acids is 4. The highest BCUT2D eigenvalue weighted by Crippen LogP contribution is 2.09. The van der Waals surface area contributed by atoms with Gasteiger partial charge in [0.25, 0.3) is 0 Å². The van der Waals surface area contributed by atoms with Crippen LogP contribution in [0.2, 0.25) is 0 Å². The Morgan fingerprint density at radius 2 is 0.706 bits per heavy atom. The number of nitrogens with zero attached hydrogens (tertiary/aromatic N) is 2. The van der Waals surface area contributed by atoms with E-state index in [0.717, 1.165) is 24.3 Å². The highest BCUT2D eigenvalue weighted by Gasteiger charge is 2.13. The molecule has 0 aliphatic heterocycles. The van der Waals surface area contributed by atoms with Gasteiger partial charge in [-0.15, -0.1) is 0 Å². The van der Waals surface area contributed by atoms with Crippen LogP contribution in [0, 0.1) is 23.7 Å². The molecule has 10 heteroatoms. The monoisotopic (exact) mass is 456 g/mol. The van der Waals surface area contributed by atoms with Crippen LogP contribution in [0.15, 0.2) is 48.5 Å². The van der Waals surface area contributed by atoms with Crippen LogP contribution >= 0.6 is 0 Å². The van der Waals surface area contributed by atoms with Gasteiger partial charge in [-0.05, 0) is 48.5 Å². The standard InChI is InChI=1S/C24H12N2O8/c27-21(28)17-9-15(10-18(25-17)22(29)30)7-5-13-1-2-14(4-3-13)6-8-16-11-19(23(31)32)26-20(12-16)24(33)34/h1-4,9-12H,(H,27,28)(H,29,30)(H,31,32)(H,33,34). The lowest BCUT2D eigenvalue weighted by Gasteiger charge is -1.99. The van der Waals surface area contributed by atoms with E-state index in [9.17, 15) is 19.2 Å². The Morgan fingerprint density at radius 1 is 0.471 bits per heavy atom. The summed E-state index contributed by atoms with van der Waals surface area (Å²) in [6.45, 7) is 0. The molecule has 3 rings (SSSR count). The Hall–Kier alpha value is -5.48. The lowest BCUT2D eigenvalue weighted by molar-refractivity contribution is 0.0664. The first kappa shape index (κ1) is 23.2. The highest BCUT2D eigenvalue weighted by atomic mass is 16.4. The number of carboxylic acid groups (broad SMARTS) is 4. The van der Waals surface area contributed by atoms with Crippen molar-refractivity contribution in [3.63, 3.8) is 0 Å². The molecule has 0 fully saturated rings. The lowest BCUT2D eigenvalue weighted by Crippen LogP contribution is -2.08. The van der Waals surface area contributed by atoms with E-state index in [1.807, 2.05) is 0 Å². The summed E-state index contributed by atoms with van der Waals surface area (Å²) < 4.78 is 0. The van der Waals surface area contributed by atoms with E-state index in [1.165, 1.54) is 0 Å². The molecule has 2 aromatic heterocycles. The summed E-state index contributed by atoms with van der Waals surface area (Å²) >= 11 is 0. The zero-order valence-electron chi connectivity index (χ0n) is 16.9. The van der Waals surface area contributed by atoms with E-state index in [2.05, 4.69) is 33.6 Å². The minimum absolute atomic E-state index is 0.162. The van der Waals surface area contributed by atoms with Crippen LogP contribution in [-0.2, 0) is 0 Å². The normalized spacial score (nSPS) is 9.65. The van der Waals surface area contributed by atoms with Crippen molar-refractivity contribution in [2.45, 2.75) is 0 Å². The summed E-state index contributed by atoms with van der Waals surface area (Å²) in [5.41, 5.74) is -0.385. The van der Waals surface area contributed by atoms with Gasteiger partial charge in [-0.1, -0.05) is 23.7 Å². The van der Waals surface area contributed by atoms with Crippen molar-refractivity contribution in [1.82, 2.24) is 9.97 Å². The molecule has 0 aliphatic rings. The Bertz CT molecular complexity index is 1290. The maximum absolute atomic E-state index is 11.1. The Morgan fingerprint density at radius 3 is 0.941 bits per heavy atom. The van der Waals surface area contributed by atoms with Gasteiger partial charge in [0.1, 0.15) is 22.8 Å². The van der Waals surface area contributed by atoms with Crippen LogP contribution in [0.3, 0.4) is 0 Å². The van der Waals surface area contributed by atoms with E-state index in [-0.39, 0.29) is 11.1 Å². The van der Waals surface area contributed by atoms with Gasteiger partial charge in [0, 0.05) is 22.3 Å². The maximum Gasteiger partial charge on any atom is 0.354 e. The zero-order chi connectivity index (χ0) is 24.8. The van der Waals surface area contributed by atoms with Crippen molar-refractivity contribution in [3.05, 3.63) is 93.6 Å². The molecule has 0 radical (unpaired) electrons. The average molecular weight is 456 g/mol. The third-order valence-corrected chi connectivity index (χ3v) is 4.11. The number of benzene rings is 1. The predicted octanol–water partition coefficient (Wildman–Crippen LogP) is 2.07. The predicted molar refractivity (Wildman–Crippen MR) is 115 cm³/mol. The molecule has 0 saturated heterocycles. The zero-order valence-corrected chi connectivity index (χ0v) is 16.9. The number of aromatic carboxylic acids is 4. The van der Waals surface area contributed by atoms with E-state index < -0.39 is 46.7 Å². The molecule has 0 bridgehead atoms. The van der Waals surface area contributed by atoms with Gasteiger partial charge in [0.15, 0.2) is 0 Å². The summed E-state index contributed by atoms with van der Waals surface area (Å²) in [4.78, 5) is 51.6. The molecule has 0 amide bonds. The van der Waals surface area contributed by atoms with Gasteiger partial charge >= 0.3 is 23.9 Å². The third-order valence-electron chi connectivity index (χ3n) is 4.11. The molecule has 3 aromatic rings. The molecule has 2 heterocycles. The third kappa shape index (κ3) is 5.81. The van der Waals surface area contributed by atoms with Crippen LogP contribution in [0.1, 0.15) is 64.2 Å². The average Bonchev–Trinajstić information content (AvgIpc) is 2.81. The van der Waals surface area contributed by atoms with Crippen LogP contribution in [0.4, 0.5) is 0 Å². The van der Waals surface area contributed by atoms with Crippen molar-refractivity contribution >= 4 is 23.9 Å². The Labute approximate surface area is 191 Å². The molecule has 1 aromatic carbocycles. The smallest absolute Gasteiger partial charge is 0.354 e. The number of pyridine rings is 2. The topological polar surface area (TPSA) is 175 Å². The number of rotatable bonds is 4. The van der Waals surface area contributed by atoms with Crippen LogP contribution < -0.4 is 0 Å². The van der Waals surface area contributed by atoms with Gasteiger partial charge < -0.3 is 20.4 Å². The van der Waals surface area contributed by atoms with Crippen molar-refractivity contribution < 1.29 is 39.6 Å². The number of hydrogen-bond donors (Lipinski definition) is 4. The number of hydrogen-bond acceptors (Lipinski definition) is 6. The Balaban J connectivity index is 1.85. The van der Waals surface area contributed by atoms with Crippen molar-refractivity contribution in [1.29, 1.82) is 0 Å². The van der Waals surface area contributed by atoms with Gasteiger partial charge in [0.05, 0.1) is 0 Å². The molecule has 0 saturated carbocycles. The minimum Gasteiger partial charge on any atom is -0.477 e. The first-order valence-electron chi connectivity index (χ1n) is 9.24. The van der Waals surface area contributed by atoms with Crippen LogP contribution in [0.5, 0.6) is 0 Å². The van der Waals surface area contributed by atoms with Crippen molar-refractivity contribution in [2.75, 3.05) is 0 Å². The molecule has 0 spiro atoms. The SMILES string of the molecule is O=C(O)c1cc(C#Cc2ccc(C#Cc3cc(C(=O)O)nc(C(=O)O)c3)cc2)cc(C(=O)O)n1. The van der Waals surface area contributed by atoms with E-state index >= 15 is 0 Å². The summed E-state index contributed by atoms with van der Waals surface area (Å²) in [6, 6.07) is 11.1. The fourth-order valence-electron chi connectivity index (χ4n) is 2.57. The van der Waals surface area contributed by atoms with Crippen molar-refractivity contribution in [3.8, 4) is 23.7 Å². The second-order valence-electron chi connectivity index (χ2n) is 6.55.